The van der Waals surface area contributed by atoms with E-state index in [0.29, 0.717) is 27.7 Å². The molecule has 0 fully saturated rings. The molecule has 0 bridgehead atoms. The van der Waals surface area contributed by atoms with Crippen molar-refractivity contribution in [3.8, 4) is 11.5 Å². The van der Waals surface area contributed by atoms with Gasteiger partial charge in [-0.3, -0.25) is 5.32 Å². The van der Waals surface area contributed by atoms with Crippen LogP contribution in [-0.4, -0.2) is 41.6 Å². The fourth-order valence-corrected chi connectivity index (χ4v) is 4.17. The summed E-state index contributed by atoms with van der Waals surface area (Å²) in [6.07, 6.45) is -3.10. The molecule has 2 N–H and O–H groups in total. The van der Waals surface area contributed by atoms with Crippen LogP contribution >= 0.6 is 11.8 Å². The number of urea groups is 1. The summed E-state index contributed by atoms with van der Waals surface area (Å²) >= 11 is 1.35. The second kappa shape index (κ2) is 10.2. The minimum absolute atomic E-state index is 0.146. The predicted molar refractivity (Wildman–Crippen MR) is 131 cm³/mol. The van der Waals surface area contributed by atoms with Gasteiger partial charge in [-0.05, 0) is 38.1 Å². The molecule has 0 saturated carbocycles. The second-order valence-corrected chi connectivity index (χ2v) is 9.37. The summed E-state index contributed by atoms with van der Waals surface area (Å²) in [4.78, 5) is 21.9. The van der Waals surface area contributed by atoms with Crippen LogP contribution in [0.3, 0.4) is 0 Å². The fraction of sp³-hybridized carbons (Fsp3) is 0.250. The summed E-state index contributed by atoms with van der Waals surface area (Å²) in [5.74, 6) is 0.517. The third-order valence-corrected chi connectivity index (χ3v) is 6.50. The fourth-order valence-electron chi connectivity index (χ4n) is 3.24. The molecule has 2 amide bonds. The van der Waals surface area contributed by atoms with Gasteiger partial charge in [0, 0.05) is 28.1 Å². The molecule has 4 rings (SSSR count). The van der Waals surface area contributed by atoms with Gasteiger partial charge in [-0.2, -0.15) is 13.2 Å². The van der Waals surface area contributed by atoms with Gasteiger partial charge < -0.3 is 19.3 Å². The highest BCUT2D eigenvalue weighted by molar-refractivity contribution is 7.99. The number of hydrogen-bond donors (Lipinski definition) is 2. The van der Waals surface area contributed by atoms with E-state index in [2.05, 4.69) is 25.8 Å². The van der Waals surface area contributed by atoms with Gasteiger partial charge in [0.05, 0.1) is 19.7 Å². The van der Waals surface area contributed by atoms with Gasteiger partial charge in [-0.1, -0.05) is 23.0 Å². The first-order valence-corrected chi connectivity index (χ1v) is 11.6. The molecule has 0 aliphatic heterocycles. The van der Waals surface area contributed by atoms with Crippen LogP contribution < -0.4 is 20.1 Å². The topological polar surface area (TPSA) is 111 Å². The number of carbonyl (C=O) groups is 1. The summed E-state index contributed by atoms with van der Waals surface area (Å²) in [6, 6.07) is 10.9. The molecule has 0 aliphatic rings. The number of halogens is 3. The highest BCUT2D eigenvalue weighted by atomic mass is 32.2. The van der Waals surface area contributed by atoms with Crippen molar-refractivity contribution < 1.29 is 32.0 Å². The van der Waals surface area contributed by atoms with Gasteiger partial charge in [-0.25, -0.2) is 14.8 Å². The molecule has 0 spiro atoms. The maximum Gasteiger partial charge on any atom is 0.401 e. The first kappa shape index (κ1) is 26.1. The van der Waals surface area contributed by atoms with Crippen molar-refractivity contribution in [1.82, 2.24) is 15.1 Å². The lowest BCUT2D eigenvalue weighted by atomic mass is 9.89. The zero-order valence-corrected chi connectivity index (χ0v) is 21.0. The first-order chi connectivity index (χ1) is 17.5. The van der Waals surface area contributed by atoms with Gasteiger partial charge >= 0.3 is 12.2 Å². The van der Waals surface area contributed by atoms with Crippen LogP contribution in [0.5, 0.6) is 11.5 Å². The number of alkyl halides is 3. The van der Waals surface area contributed by atoms with Crippen molar-refractivity contribution in [2.75, 3.05) is 24.9 Å². The number of fused-ring (bicyclic) bond motifs is 1. The summed E-state index contributed by atoms with van der Waals surface area (Å²) < 4.78 is 55.2. The molecule has 2 aromatic heterocycles. The standard InChI is InChI=1S/C24H22F3N5O4S/c1-23(2,24(25,26)27)19-11-20(32-36-19)31-22(33)30-13-6-5-7-14(8-13)37-21-15-9-17(34-3)18(35-4)10-16(15)28-12-29-21/h5-12H,1-4H3,(H2,30,31,32,33). The number of methoxy groups -OCH3 is 2. The molecule has 2 aromatic carbocycles. The van der Waals surface area contributed by atoms with Crippen molar-refractivity contribution in [2.24, 2.45) is 0 Å². The molecule has 0 radical (unpaired) electrons. The van der Waals surface area contributed by atoms with Crippen LogP contribution in [0.2, 0.25) is 0 Å². The lowest BCUT2D eigenvalue weighted by molar-refractivity contribution is -0.185. The van der Waals surface area contributed by atoms with Gasteiger partial charge in [-0.15, -0.1) is 0 Å². The molecule has 9 nitrogen and oxygen atoms in total. The minimum atomic E-state index is -4.55. The lowest BCUT2D eigenvalue weighted by Gasteiger charge is -2.24. The minimum Gasteiger partial charge on any atom is -0.493 e. The van der Waals surface area contributed by atoms with E-state index in [0.717, 1.165) is 30.2 Å². The molecule has 0 atom stereocenters. The van der Waals surface area contributed by atoms with Gasteiger partial charge in [0.15, 0.2) is 23.1 Å². The van der Waals surface area contributed by atoms with Crippen LogP contribution in [0.25, 0.3) is 10.9 Å². The Hall–Kier alpha value is -4.00. The van der Waals surface area contributed by atoms with Crippen molar-refractivity contribution >= 4 is 40.2 Å². The quantitative estimate of drug-likeness (QED) is 0.268. The number of amides is 2. The predicted octanol–water partition coefficient (Wildman–Crippen LogP) is 6.27. The molecule has 0 unspecified atom stereocenters. The Morgan fingerprint density at radius 3 is 2.43 bits per heavy atom. The summed E-state index contributed by atoms with van der Waals surface area (Å²) in [6.45, 7) is 1.93. The Morgan fingerprint density at radius 1 is 1.00 bits per heavy atom. The Kier molecular flexibility index (Phi) is 7.16. The Bertz CT molecular complexity index is 1440. The number of ether oxygens (including phenoxy) is 2. The molecule has 13 heteroatoms. The smallest absolute Gasteiger partial charge is 0.401 e. The Morgan fingerprint density at radius 2 is 1.73 bits per heavy atom. The average Bonchev–Trinajstić information content (AvgIpc) is 3.32. The SMILES string of the molecule is COc1cc2ncnc(Sc3cccc(NC(=O)Nc4cc(C(C)(C)C(F)(F)F)on4)c3)c2cc1OC. The van der Waals surface area contributed by atoms with Crippen LogP contribution in [0.1, 0.15) is 19.6 Å². The number of nitrogens with one attached hydrogen (secondary N) is 2. The van der Waals surface area contributed by atoms with E-state index in [1.807, 2.05) is 6.07 Å². The van der Waals surface area contributed by atoms with Crippen LogP contribution in [0.15, 0.2) is 63.2 Å². The maximum atomic E-state index is 13.2. The van der Waals surface area contributed by atoms with Gasteiger partial charge in [0.2, 0.25) is 0 Å². The molecule has 194 valence electrons. The van der Waals surface area contributed by atoms with E-state index in [-0.39, 0.29) is 5.82 Å². The van der Waals surface area contributed by atoms with Crippen LogP contribution in [-0.2, 0) is 5.41 Å². The van der Waals surface area contributed by atoms with E-state index in [1.165, 1.54) is 25.2 Å². The first-order valence-electron chi connectivity index (χ1n) is 10.8. The summed E-state index contributed by atoms with van der Waals surface area (Å²) in [5.41, 5.74) is -1.15. The number of anilines is 2. The van der Waals surface area contributed by atoms with E-state index in [9.17, 15) is 18.0 Å². The Balaban J connectivity index is 1.48. The number of aromatic nitrogens is 3. The highest BCUT2D eigenvalue weighted by Crippen LogP contribution is 2.41. The van der Waals surface area contributed by atoms with Crippen molar-refractivity contribution in [2.45, 2.75) is 35.4 Å². The third kappa shape index (κ3) is 5.56. The zero-order valence-electron chi connectivity index (χ0n) is 20.1. The van der Waals surface area contributed by atoms with Crippen molar-refractivity contribution in [3.05, 3.63) is 54.6 Å². The lowest BCUT2D eigenvalue weighted by Crippen LogP contribution is -2.35. The molecule has 2 heterocycles. The van der Waals surface area contributed by atoms with E-state index >= 15 is 0 Å². The number of nitrogens with zero attached hydrogens (tertiary/aromatic N) is 3. The summed E-state index contributed by atoms with van der Waals surface area (Å²) in [5, 5.41) is 9.94. The normalized spacial score (nSPS) is 11.9. The highest BCUT2D eigenvalue weighted by Gasteiger charge is 2.51. The number of carbonyl (C=O) groups excluding carboxylic acids is 1. The Labute approximate surface area is 213 Å². The molecule has 0 aliphatic carbocycles. The van der Waals surface area contributed by atoms with E-state index < -0.39 is 23.4 Å². The van der Waals surface area contributed by atoms with Crippen molar-refractivity contribution in [1.29, 1.82) is 0 Å². The zero-order chi connectivity index (χ0) is 26.8. The number of benzene rings is 2. The van der Waals surface area contributed by atoms with E-state index in [1.54, 1.807) is 37.4 Å². The monoisotopic (exact) mass is 533 g/mol. The third-order valence-electron chi connectivity index (χ3n) is 5.49. The molecular weight excluding hydrogens is 511 g/mol. The van der Waals surface area contributed by atoms with Crippen molar-refractivity contribution in [3.63, 3.8) is 0 Å². The molecular formula is C24H22F3N5O4S. The molecule has 37 heavy (non-hydrogen) atoms. The number of rotatable bonds is 7. The van der Waals surface area contributed by atoms with E-state index in [4.69, 9.17) is 14.0 Å². The second-order valence-electron chi connectivity index (χ2n) is 8.31. The van der Waals surface area contributed by atoms with Gasteiger partial charge in [0.25, 0.3) is 0 Å². The van der Waals surface area contributed by atoms with Crippen LogP contribution in [0, 0.1) is 0 Å². The molecule has 4 aromatic rings. The summed E-state index contributed by atoms with van der Waals surface area (Å²) in [7, 11) is 3.08. The van der Waals surface area contributed by atoms with Gasteiger partial charge in [0.1, 0.15) is 16.8 Å². The largest absolute Gasteiger partial charge is 0.493 e. The maximum absolute atomic E-state index is 13.2. The molecule has 0 saturated heterocycles. The average molecular weight is 534 g/mol. The van der Waals surface area contributed by atoms with Crippen LogP contribution in [0.4, 0.5) is 29.5 Å². The number of hydrogen-bond acceptors (Lipinski definition) is 8.